The standard InChI is InChI=1S/C23H40O4/c1-17(2)24-14-13-22(7,8)26-19-12-11-18(3)15-20(19)27-23(9,10)16-25-21(4,5)6/h11-12,15,17H,13-14,16H2,1-10H3. The molecular weight excluding hydrogens is 340 g/mol. The van der Waals surface area contributed by atoms with Crippen LogP contribution in [-0.4, -0.2) is 36.1 Å². The quantitative estimate of drug-likeness (QED) is 0.503. The summed E-state index contributed by atoms with van der Waals surface area (Å²) in [5.74, 6) is 1.49. The minimum Gasteiger partial charge on any atom is -0.484 e. The lowest BCUT2D eigenvalue weighted by atomic mass is 10.1. The second-order valence-corrected chi connectivity index (χ2v) is 9.74. The first kappa shape index (κ1) is 23.8. The SMILES string of the molecule is Cc1ccc(OC(C)(C)CCOC(C)C)c(OC(C)(C)COC(C)(C)C)c1. The largest absolute Gasteiger partial charge is 0.484 e. The van der Waals surface area contributed by atoms with Crippen LogP contribution in [0.4, 0.5) is 0 Å². The van der Waals surface area contributed by atoms with E-state index in [4.69, 9.17) is 18.9 Å². The van der Waals surface area contributed by atoms with Gasteiger partial charge in [-0.2, -0.15) is 0 Å². The molecule has 1 aromatic carbocycles. The van der Waals surface area contributed by atoms with Crippen LogP contribution in [0.2, 0.25) is 0 Å². The number of hydrogen-bond acceptors (Lipinski definition) is 4. The maximum absolute atomic E-state index is 6.32. The first-order valence-corrected chi connectivity index (χ1v) is 9.93. The smallest absolute Gasteiger partial charge is 0.162 e. The van der Waals surface area contributed by atoms with Gasteiger partial charge >= 0.3 is 0 Å². The van der Waals surface area contributed by atoms with Gasteiger partial charge in [0.15, 0.2) is 11.5 Å². The first-order chi connectivity index (χ1) is 12.2. The maximum atomic E-state index is 6.32. The molecule has 156 valence electrons. The summed E-state index contributed by atoms with van der Waals surface area (Å²) in [6, 6.07) is 6.05. The average molecular weight is 381 g/mol. The van der Waals surface area contributed by atoms with Gasteiger partial charge in [-0.15, -0.1) is 0 Å². The van der Waals surface area contributed by atoms with Crippen molar-refractivity contribution in [3.05, 3.63) is 23.8 Å². The van der Waals surface area contributed by atoms with Crippen molar-refractivity contribution in [2.45, 2.75) is 98.6 Å². The molecule has 0 fully saturated rings. The van der Waals surface area contributed by atoms with Crippen LogP contribution in [0.3, 0.4) is 0 Å². The predicted molar refractivity (Wildman–Crippen MR) is 112 cm³/mol. The lowest BCUT2D eigenvalue weighted by Gasteiger charge is -2.33. The summed E-state index contributed by atoms with van der Waals surface area (Å²) in [7, 11) is 0. The predicted octanol–water partition coefficient (Wildman–Crippen LogP) is 5.94. The van der Waals surface area contributed by atoms with Crippen LogP contribution in [0.25, 0.3) is 0 Å². The fourth-order valence-corrected chi connectivity index (χ4v) is 2.39. The fourth-order valence-electron chi connectivity index (χ4n) is 2.39. The van der Waals surface area contributed by atoms with E-state index in [1.165, 1.54) is 0 Å². The molecule has 0 radical (unpaired) electrons. The van der Waals surface area contributed by atoms with Crippen LogP contribution >= 0.6 is 0 Å². The number of ether oxygens (including phenoxy) is 4. The molecular formula is C23H40O4. The zero-order valence-electron chi connectivity index (χ0n) is 19.1. The Morgan fingerprint density at radius 2 is 1.44 bits per heavy atom. The third-order valence-electron chi connectivity index (χ3n) is 3.88. The molecule has 0 saturated carbocycles. The van der Waals surface area contributed by atoms with Crippen molar-refractivity contribution < 1.29 is 18.9 Å². The molecule has 0 aliphatic heterocycles. The van der Waals surface area contributed by atoms with Gasteiger partial charge < -0.3 is 18.9 Å². The summed E-state index contributed by atoms with van der Waals surface area (Å²) in [6.45, 7) is 21.7. The molecule has 0 bridgehead atoms. The molecule has 0 N–H and O–H groups in total. The summed E-state index contributed by atoms with van der Waals surface area (Å²) in [4.78, 5) is 0. The van der Waals surface area contributed by atoms with Crippen molar-refractivity contribution in [3.8, 4) is 11.5 Å². The molecule has 0 heterocycles. The van der Waals surface area contributed by atoms with Crippen LogP contribution in [-0.2, 0) is 9.47 Å². The van der Waals surface area contributed by atoms with Gasteiger partial charge in [0.25, 0.3) is 0 Å². The fraction of sp³-hybridized carbons (Fsp3) is 0.739. The molecule has 0 saturated heterocycles. The Hall–Kier alpha value is -1.26. The van der Waals surface area contributed by atoms with E-state index in [2.05, 4.69) is 20.8 Å². The van der Waals surface area contributed by atoms with Crippen LogP contribution in [0.5, 0.6) is 11.5 Å². The molecule has 27 heavy (non-hydrogen) atoms. The number of benzene rings is 1. The van der Waals surface area contributed by atoms with Gasteiger partial charge in [0, 0.05) is 6.42 Å². The van der Waals surface area contributed by atoms with Crippen molar-refractivity contribution in [1.29, 1.82) is 0 Å². The maximum Gasteiger partial charge on any atom is 0.162 e. The van der Waals surface area contributed by atoms with E-state index in [-0.39, 0.29) is 17.3 Å². The van der Waals surface area contributed by atoms with Gasteiger partial charge in [0.2, 0.25) is 0 Å². The molecule has 1 rings (SSSR count). The normalized spacial score (nSPS) is 13.1. The van der Waals surface area contributed by atoms with Gasteiger partial charge in [0.05, 0.1) is 24.9 Å². The highest BCUT2D eigenvalue weighted by Gasteiger charge is 2.27. The summed E-state index contributed by atoms with van der Waals surface area (Å²) in [5, 5.41) is 0. The van der Waals surface area contributed by atoms with Crippen molar-refractivity contribution >= 4 is 0 Å². The Morgan fingerprint density at radius 3 is 2.00 bits per heavy atom. The Kier molecular flexibility index (Phi) is 8.18. The Bertz CT molecular complexity index is 583. The van der Waals surface area contributed by atoms with Crippen LogP contribution in [0, 0.1) is 6.92 Å². The number of hydrogen-bond donors (Lipinski definition) is 0. The summed E-state index contributed by atoms with van der Waals surface area (Å²) >= 11 is 0. The van der Waals surface area contributed by atoms with E-state index >= 15 is 0 Å². The second-order valence-electron chi connectivity index (χ2n) is 9.74. The van der Waals surface area contributed by atoms with Gasteiger partial charge in [-0.25, -0.2) is 0 Å². The molecule has 4 heteroatoms. The van der Waals surface area contributed by atoms with Crippen molar-refractivity contribution in [3.63, 3.8) is 0 Å². The van der Waals surface area contributed by atoms with E-state index < -0.39 is 5.60 Å². The zero-order valence-corrected chi connectivity index (χ0v) is 19.1. The van der Waals surface area contributed by atoms with Crippen LogP contribution in [0.15, 0.2) is 18.2 Å². The molecule has 0 atom stereocenters. The Labute approximate surface area is 166 Å². The molecule has 0 unspecified atom stereocenters. The highest BCUT2D eigenvalue weighted by atomic mass is 16.6. The third kappa shape index (κ3) is 10.0. The molecule has 0 amide bonds. The molecule has 0 aromatic heterocycles. The van der Waals surface area contributed by atoms with Gasteiger partial charge in [-0.05, 0) is 86.9 Å². The van der Waals surface area contributed by atoms with E-state index in [0.29, 0.717) is 13.2 Å². The van der Waals surface area contributed by atoms with E-state index in [1.54, 1.807) is 0 Å². The number of aryl methyl sites for hydroxylation is 1. The van der Waals surface area contributed by atoms with Gasteiger partial charge in [-0.3, -0.25) is 0 Å². The molecule has 0 aliphatic rings. The lowest BCUT2D eigenvalue weighted by molar-refractivity contribution is -0.0736. The summed E-state index contributed by atoms with van der Waals surface area (Å²) in [6.07, 6.45) is 1.03. The van der Waals surface area contributed by atoms with Gasteiger partial charge in [0.1, 0.15) is 11.2 Å². The van der Waals surface area contributed by atoms with Crippen LogP contribution < -0.4 is 9.47 Å². The molecule has 0 spiro atoms. The van der Waals surface area contributed by atoms with Crippen molar-refractivity contribution in [1.82, 2.24) is 0 Å². The number of rotatable bonds is 10. The molecule has 0 aliphatic carbocycles. The highest BCUT2D eigenvalue weighted by molar-refractivity contribution is 5.43. The monoisotopic (exact) mass is 380 g/mol. The van der Waals surface area contributed by atoms with Crippen molar-refractivity contribution in [2.24, 2.45) is 0 Å². The zero-order chi connectivity index (χ0) is 20.9. The Morgan fingerprint density at radius 1 is 0.852 bits per heavy atom. The first-order valence-electron chi connectivity index (χ1n) is 9.93. The second kappa shape index (κ2) is 9.29. The van der Waals surface area contributed by atoms with Gasteiger partial charge in [-0.1, -0.05) is 6.07 Å². The van der Waals surface area contributed by atoms with Crippen LogP contribution in [0.1, 0.15) is 74.3 Å². The highest BCUT2D eigenvalue weighted by Crippen LogP contribution is 2.35. The van der Waals surface area contributed by atoms with E-state index in [0.717, 1.165) is 23.5 Å². The minimum atomic E-state index is -0.468. The Balaban J connectivity index is 2.88. The average Bonchev–Trinajstić information content (AvgIpc) is 2.46. The third-order valence-corrected chi connectivity index (χ3v) is 3.88. The lowest BCUT2D eigenvalue weighted by Crippen LogP contribution is -2.38. The van der Waals surface area contributed by atoms with Crippen molar-refractivity contribution in [2.75, 3.05) is 13.2 Å². The molecule has 1 aromatic rings. The summed E-state index contributed by atoms with van der Waals surface area (Å²) < 4.78 is 24.2. The van der Waals surface area contributed by atoms with E-state index in [1.807, 2.05) is 66.7 Å². The topological polar surface area (TPSA) is 36.9 Å². The molecule has 4 nitrogen and oxygen atoms in total. The summed E-state index contributed by atoms with van der Waals surface area (Å²) in [5.41, 5.74) is 0.106. The van der Waals surface area contributed by atoms with E-state index in [9.17, 15) is 0 Å². The minimum absolute atomic E-state index is 0.203.